The molecule has 0 spiro atoms. The van der Waals surface area contributed by atoms with Crippen molar-refractivity contribution in [3.05, 3.63) is 0 Å². The molecule has 0 radical (unpaired) electrons. The molecule has 1 atom stereocenters. The lowest BCUT2D eigenvalue weighted by Crippen LogP contribution is -2.48. The molecule has 0 amide bonds. The lowest BCUT2D eigenvalue weighted by atomic mass is 10.1. The van der Waals surface area contributed by atoms with E-state index in [2.05, 4.69) is 0 Å². The highest BCUT2D eigenvalue weighted by atomic mass is 19.3. The van der Waals surface area contributed by atoms with Gasteiger partial charge in [0.2, 0.25) is 0 Å². The van der Waals surface area contributed by atoms with Crippen LogP contribution in [0.5, 0.6) is 0 Å². The van der Waals surface area contributed by atoms with E-state index in [9.17, 15) is 8.78 Å². The molecular formula is C7H15F2N. The molecule has 1 saturated heterocycles. The summed E-state index contributed by atoms with van der Waals surface area (Å²) in [5, 5.41) is 0. The number of likely N-dealkylation sites (tertiary alicyclic amines) is 1. The van der Waals surface area contributed by atoms with E-state index >= 15 is 0 Å². The Kier molecular flexibility index (Phi) is 4.52. The van der Waals surface area contributed by atoms with Gasteiger partial charge in [-0.3, -0.25) is 4.90 Å². The van der Waals surface area contributed by atoms with Crippen LogP contribution in [0.15, 0.2) is 0 Å². The first kappa shape index (κ1) is 9.82. The van der Waals surface area contributed by atoms with Gasteiger partial charge in [-0.1, -0.05) is 13.8 Å². The van der Waals surface area contributed by atoms with Crippen LogP contribution in [0.4, 0.5) is 8.78 Å². The van der Waals surface area contributed by atoms with Gasteiger partial charge in [0, 0.05) is 6.54 Å². The maximum atomic E-state index is 11.7. The minimum Gasteiger partial charge on any atom is -0.298 e. The van der Waals surface area contributed by atoms with Crippen LogP contribution in [-0.4, -0.2) is 31.0 Å². The van der Waals surface area contributed by atoms with Gasteiger partial charge in [-0.2, -0.15) is 0 Å². The van der Waals surface area contributed by atoms with Crippen LogP contribution in [0, 0.1) is 0 Å². The molecule has 0 aromatic heterocycles. The van der Waals surface area contributed by atoms with Crippen molar-refractivity contribution in [1.29, 1.82) is 0 Å². The Hall–Kier alpha value is -0.180. The lowest BCUT2D eigenvalue weighted by molar-refractivity contribution is -0.0182. The number of rotatable bonds is 1. The predicted molar refractivity (Wildman–Crippen MR) is 38.4 cm³/mol. The quantitative estimate of drug-likeness (QED) is 0.554. The SMILES string of the molecule is CC.CN1CCC1C(F)F. The molecule has 1 rings (SSSR count). The van der Waals surface area contributed by atoms with Crippen molar-refractivity contribution in [3.8, 4) is 0 Å². The molecule has 1 aliphatic heterocycles. The molecule has 1 unspecified atom stereocenters. The summed E-state index contributed by atoms with van der Waals surface area (Å²) < 4.78 is 23.4. The van der Waals surface area contributed by atoms with Crippen LogP contribution >= 0.6 is 0 Å². The topological polar surface area (TPSA) is 3.24 Å². The van der Waals surface area contributed by atoms with Crippen molar-refractivity contribution in [1.82, 2.24) is 4.90 Å². The minimum absolute atomic E-state index is 0.449. The van der Waals surface area contributed by atoms with Gasteiger partial charge in [0.1, 0.15) is 0 Å². The van der Waals surface area contributed by atoms with Crippen molar-refractivity contribution in [3.63, 3.8) is 0 Å². The van der Waals surface area contributed by atoms with Crippen LogP contribution in [0.3, 0.4) is 0 Å². The molecular weight excluding hydrogens is 136 g/mol. The second kappa shape index (κ2) is 4.61. The highest BCUT2D eigenvalue weighted by Crippen LogP contribution is 2.20. The van der Waals surface area contributed by atoms with Crippen molar-refractivity contribution < 1.29 is 8.78 Å². The Labute approximate surface area is 61.0 Å². The minimum atomic E-state index is -2.14. The summed E-state index contributed by atoms with van der Waals surface area (Å²) in [6, 6.07) is -0.449. The van der Waals surface area contributed by atoms with Gasteiger partial charge < -0.3 is 0 Å². The summed E-state index contributed by atoms with van der Waals surface area (Å²) in [5.74, 6) is 0. The zero-order chi connectivity index (χ0) is 8.15. The van der Waals surface area contributed by atoms with E-state index in [4.69, 9.17) is 0 Å². The molecule has 1 heterocycles. The Bertz CT molecular complexity index is 80.9. The summed E-state index contributed by atoms with van der Waals surface area (Å²) in [7, 11) is 1.72. The van der Waals surface area contributed by atoms with Gasteiger partial charge >= 0.3 is 0 Å². The van der Waals surface area contributed by atoms with E-state index in [0.717, 1.165) is 6.54 Å². The number of alkyl halides is 2. The predicted octanol–water partition coefficient (Wildman–Crippen LogP) is 1.98. The Morgan fingerprint density at radius 1 is 1.40 bits per heavy atom. The van der Waals surface area contributed by atoms with E-state index in [0.29, 0.717) is 6.42 Å². The molecule has 0 bridgehead atoms. The third-order valence-electron chi connectivity index (χ3n) is 1.63. The van der Waals surface area contributed by atoms with Gasteiger partial charge in [0.05, 0.1) is 6.04 Å². The highest BCUT2D eigenvalue weighted by molar-refractivity contribution is 4.81. The number of nitrogens with zero attached hydrogens (tertiary/aromatic N) is 1. The fourth-order valence-corrected chi connectivity index (χ4v) is 0.855. The van der Waals surface area contributed by atoms with Gasteiger partial charge in [0.25, 0.3) is 6.43 Å². The van der Waals surface area contributed by atoms with E-state index in [1.54, 1.807) is 11.9 Å². The van der Waals surface area contributed by atoms with E-state index < -0.39 is 12.5 Å². The lowest BCUT2D eigenvalue weighted by Gasteiger charge is -2.36. The molecule has 1 nitrogen and oxygen atoms in total. The molecule has 0 aliphatic carbocycles. The molecule has 1 aliphatic rings. The van der Waals surface area contributed by atoms with Crippen molar-refractivity contribution in [2.45, 2.75) is 32.7 Å². The highest BCUT2D eigenvalue weighted by Gasteiger charge is 2.31. The number of halogens is 2. The molecule has 62 valence electrons. The maximum absolute atomic E-state index is 11.7. The third kappa shape index (κ3) is 2.21. The van der Waals surface area contributed by atoms with Crippen molar-refractivity contribution in [2.24, 2.45) is 0 Å². The van der Waals surface area contributed by atoms with Crippen LogP contribution in [0.25, 0.3) is 0 Å². The summed E-state index contributed by atoms with van der Waals surface area (Å²) in [5.41, 5.74) is 0. The Morgan fingerprint density at radius 2 is 1.90 bits per heavy atom. The second-order valence-electron chi connectivity index (χ2n) is 2.17. The molecule has 0 N–H and O–H groups in total. The molecule has 0 aromatic rings. The normalized spacial score (nSPS) is 25.2. The first-order valence-electron chi connectivity index (χ1n) is 3.70. The van der Waals surface area contributed by atoms with Crippen LogP contribution in [0.2, 0.25) is 0 Å². The van der Waals surface area contributed by atoms with Crippen LogP contribution < -0.4 is 0 Å². The standard InChI is InChI=1S/C5H9F2N.C2H6/c1-8-3-2-4(8)5(6)7;1-2/h4-5H,2-3H2,1H3;1-2H3. The summed E-state index contributed by atoms with van der Waals surface area (Å²) in [6.45, 7) is 4.83. The largest absolute Gasteiger partial charge is 0.298 e. The summed E-state index contributed by atoms with van der Waals surface area (Å²) in [4.78, 5) is 1.67. The smallest absolute Gasteiger partial charge is 0.253 e. The van der Waals surface area contributed by atoms with E-state index in [1.807, 2.05) is 13.8 Å². The average molecular weight is 151 g/mol. The monoisotopic (exact) mass is 151 g/mol. The fourth-order valence-electron chi connectivity index (χ4n) is 0.855. The third-order valence-corrected chi connectivity index (χ3v) is 1.63. The van der Waals surface area contributed by atoms with Crippen LogP contribution in [0.1, 0.15) is 20.3 Å². The fraction of sp³-hybridized carbons (Fsp3) is 1.00. The molecule has 0 aromatic carbocycles. The molecule has 10 heavy (non-hydrogen) atoms. The number of hydrogen-bond acceptors (Lipinski definition) is 1. The molecule has 3 heteroatoms. The summed E-state index contributed by atoms with van der Waals surface area (Å²) >= 11 is 0. The van der Waals surface area contributed by atoms with Gasteiger partial charge in [0.15, 0.2) is 0 Å². The Balaban J connectivity index is 0.000000371. The second-order valence-corrected chi connectivity index (χ2v) is 2.17. The molecule has 1 fully saturated rings. The summed E-state index contributed by atoms with van der Waals surface area (Å²) in [6.07, 6.45) is -1.48. The number of hydrogen-bond donors (Lipinski definition) is 0. The first-order valence-corrected chi connectivity index (χ1v) is 3.70. The van der Waals surface area contributed by atoms with Crippen molar-refractivity contribution in [2.75, 3.05) is 13.6 Å². The van der Waals surface area contributed by atoms with E-state index in [1.165, 1.54) is 0 Å². The van der Waals surface area contributed by atoms with Gasteiger partial charge in [-0.05, 0) is 13.5 Å². The van der Waals surface area contributed by atoms with Crippen LogP contribution in [-0.2, 0) is 0 Å². The zero-order valence-corrected chi connectivity index (χ0v) is 6.77. The van der Waals surface area contributed by atoms with Gasteiger partial charge in [-0.25, -0.2) is 8.78 Å². The van der Waals surface area contributed by atoms with Crippen molar-refractivity contribution >= 4 is 0 Å². The molecule has 0 saturated carbocycles. The Morgan fingerprint density at radius 3 is 1.90 bits per heavy atom. The average Bonchev–Trinajstić information content (AvgIpc) is 1.88. The first-order chi connectivity index (χ1) is 4.72. The maximum Gasteiger partial charge on any atom is 0.253 e. The van der Waals surface area contributed by atoms with E-state index in [-0.39, 0.29) is 0 Å². The van der Waals surface area contributed by atoms with Gasteiger partial charge in [-0.15, -0.1) is 0 Å². The zero-order valence-electron chi connectivity index (χ0n) is 6.77.